The van der Waals surface area contributed by atoms with Crippen molar-refractivity contribution in [1.82, 2.24) is 5.32 Å². The van der Waals surface area contributed by atoms with Crippen LogP contribution in [0.3, 0.4) is 0 Å². The summed E-state index contributed by atoms with van der Waals surface area (Å²) in [5.74, 6) is 1.21. The van der Waals surface area contributed by atoms with Gasteiger partial charge in [0.25, 0.3) is 0 Å². The molecule has 0 bridgehead atoms. The highest BCUT2D eigenvalue weighted by Crippen LogP contribution is 2.16. The van der Waals surface area contributed by atoms with Gasteiger partial charge in [-0.05, 0) is 49.8 Å². The predicted molar refractivity (Wildman–Crippen MR) is 73.8 cm³/mol. The third kappa shape index (κ3) is 3.32. The first kappa shape index (κ1) is 12.2. The van der Waals surface area contributed by atoms with Crippen molar-refractivity contribution in [2.75, 3.05) is 13.1 Å². The van der Waals surface area contributed by atoms with Gasteiger partial charge in [-0.2, -0.15) is 0 Å². The molecule has 1 N–H and O–H groups in total. The van der Waals surface area contributed by atoms with Gasteiger partial charge in [-0.15, -0.1) is 0 Å². The lowest BCUT2D eigenvalue weighted by Crippen LogP contribution is -2.18. The molecule has 1 aromatic rings. The molecule has 0 aliphatic carbocycles. The molecule has 1 aliphatic heterocycles. The number of nitrogens with one attached hydrogen (secondary N) is 1. The van der Waals surface area contributed by atoms with Gasteiger partial charge >= 0.3 is 0 Å². The lowest BCUT2D eigenvalue weighted by Gasteiger charge is -2.09. The molecule has 1 aromatic carbocycles. The summed E-state index contributed by atoms with van der Waals surface area (Å²) < 4.78 is 0. The number of nitrogens with zero attached hydrogens (tertiary/aromatic N) is 1. The first-order valence-electron chi connectivity index (χ1n) is 6.59. The molecule has 1 heterocycles. The van der Waals surface area contributed by atoms with Gasteiger partial charge < -0.3 is 5.32 Å². The molecule has 0 radical (unpaired) electrons. The summed E-state index contributed by atoms with van der Waals surface area (Å²) in [7, 11) is 0. The summed E-state index contributed by atoms with van der Waals surface area (Å²) in [4.78, 5) is 4.42. The second-order valence-electron chi connectivity index (χ2n) is 4.83. The summed E-state index contributed by atoms with van der Waals surface area (Å²) in [6, 6.07) is 6.57. The molecule has 17 heavy (non-hydrogen) atoms. The Kier molecular flexibility index (Phi) is 4.18. The van der Waals surface area contributed by atoms with Crippen molar-refractivity contribution in [3.8, 4) is 0 Å². The molecule has 2 nitrogen and oxygen atoms in total. The molecule has 0 saturated heterocycles. The molecule has 0 unspecified atom stereocenters. The van der Waals surface area contributed by atoms with Gasteiger partial charge in [0, 0.05) is 13.0 Å². The van der Waals surface area contributed by atoms with E-state index >= 15 is 0 Å². The first-order valence-corrected chi connectivity index (χ1v) is 6.59. The number of amidine groups is 1. The Bertz CT molecular complexity index is 387. The van der Waals surface area contributed by atoms with E-state index < -0.39 is 0 Å². The maximum absolute atomic E-state index is 4.42. The molecule has 0 spiro atoms. The van der Waals surface area contributed by atoms with E-state index in [2.05, 4.69) is 42.4 Å². The zero-order chi connectivity index (χ0) is 12.1. The Morgan fingerprint density at radius 2 is 1.82 bits per heavy atom. The molecule has 0 atom stereocenters. The molecule has 0 aromatic heterocycles. The van der Waals surface area contributed by atoms with Crippen LogP contribution in [0, 0.1) is 13.8 Å². The van der Waals surface area contributed by atoms with Gasteiger partial charge in [0.15, 0.2) is 0 Å². The molecular weight excluding hydrogens is 208 g/mol. The summed E-state index contributed by atoms with van der Waals surface area (Å²) in [5, 5.41) is 3.33. The van der Waals surface area contributed by atoms with Crippen LogP contribution in [0.25, 0.3) is 0 Å². The smallest absolute Gasteiger partial charge is 0.0964 e. The molecular formula is C15H22N2. The van der Waals surface area contributed by atoms with Crippen molar-refractivity contribution in [1.29, 1.82) is 0 Å². The number of unbranched alkanes of at least 4 members (excludes halogenated alkanes) is 1. The number of aryl methyl sites for hydroxylation is 2. The third-order valence-corrected chi connectivity index (χ3v) is 3.48. The van der Waals surface area contributed by atoms with Crippen LogP contribution in [0.1, 0.15) is 36.0 Å². The maximum Gasteiger partial charge on any atom is 0.0964 e. The largest absolute Gasteiger partial charge is 0.372 e. The van der Waals surface area contributed by atoms with Crippen molar-refractivity contribution in [3.63, 3.8) is 0 Å². The Morgan fingerprint density at radius 3 is 2.47 bits per heavy atom. The third-order valence-electron chi connectivity index (χ3n) is 3.48. The maximum atomic E-state index is 4.42. The fraction of sp³-hybridized carbons (Fsp3) is 0.533. The Hall–Kier alpha value is -1.31. The summed E-state index contributed by atoms with van der Waals surface area (Å²) in [6.07, 6.45) is 4.81. The topological polar surface area (TPSA) is 24.4 Å². The minimum absolute atomic E-state index is 0.965. The summed E-state index contributed by atoms with van der Waals surface area (Å²) in [6.45, 7) is 6.42. The van der Waals surface area contributed by atoms with Gasteiger partial charge in [-0.1, -0.05) is 18.2 Å². The number of aliphatic imine (C=N–C) groups is 1. The Labute approximate surface area is 104 Å². The molecule has 2 heteroatoms. The van der Waals surface area contributed by atoms with Crippen LogP contribution in [0.15, 0.2) is 23.2 Å². The van der Waals surface area contributed by atoms with E-state index in [0.29, 0.717) is 0 Å². The Balaban J connectivity index is 1.78. The highest BCUT2D eigenvalue weighted by molar-refractivity contribution is 5.83. The summed E-state index contributed by atoms with van der Waals surface area (Å²) >= 11 is 0. The van der Waals surface area contributed by atoms with Gasteiger partial charge in [-0.3, -0.25) is 4.99 Å². The van der Waals surface area contributed by atoms with Crippen molar-refractivity contribution in [2.45, 2.75) is 39.5 Å². The van der Waals surface area contributed by atoms with Gasteiger partial charge in [-0.25, -0.2) is 0 Å². The zero-order valence-corrected chi connectivity index (χ0v) is 10.9. The van der Waals surface area contributed by atoms with E-state index in [1.54, 1.807) is 0 Å². The quantitative estimate of drug-likeness (QED) is 0.773. The molecule has 0 fully saturated rings. The second kappa shape index (κ2) is 5.85. The SMILES string of the molecule is Cc1cccc(C)c1CCCCC1=NCCN1. The van der Waals surface area contributed by atoms with Crippen LogP contribution >= 0.6 is 0 Å². The van der Waals surface area contributed by atoms with E-state index in [1.807, 2.05) is 0 Å². The van der Waals surface area contributed by atoms with Crippen LogP contribution < -0.4 is 5.32 Å². The average Bonchev–Trinajstić information content (AvgIpc) is 2.80. The number of hydrogen-bond acceptors (Lipinski definition) is 2. The van der Waals surface area contributed by atoms with Crippen molar-refractivity contribution in [2.24, 2.45) is 4.99 Å². The molecule has 92 valence electrons. The van der Waals surface area contributed by atoms with Crippen LogP contribution in [-0.2, 0) is 6.42 Å². The van der Waals surface area contributed by atoms with Crippen LogP contribution in [0.5, 0.6) is 0 Å². The fourth-order valence-electron chi connectivity index (χ4n) is 2.45. The van der Waals surface area contributed by atoms with Gasteiger partial charge in [0.2, 0.25) is 0 Å². The van der Waals surface area contributed by atoms with Crippen molar-refractivity contribution in [3.05, 3.63) is 34.9 Å². The normalized spacial score (nSPS) is 14.6. The zero-order valence-electron chi connectivity index (χ0n) is 10.9. The van der Waals surface area contributed by atoms with Gasteiger partial charge in [0.1, 0.15) is 0 Å². The highest BCUT2D eigenvalue weighted by Gasteiger charge is 2.05. The minimum atomic E-state index is 0.965. The monoisotopic (exact) mass is 230 g/mol. The second-order valence-corrected chi connectivity index (χ2v) is 4.83. The van der Waals surface area contributed by atoms with E-state index in [1.165, 1.54) is 41.8 Å². The fourth-order valence-corrected chi connectivity index (χ4v) is 2.45. The first-order chi connectivity index (χ1) is 8.27. The number of rotatable bonds is 5. The number of hydrogen-bond donors (Lipinski definition) is 1. The van der Waals surface area contributed by atoms with Crippen molar-refractivity contribution < 1.29 is 0 Å². The lowest BCUT2D eigenvalue weighted by atomic mass is 9.97. The van der Waals surface area contributed by atoms with Gasteiger partial charge in [0.05, 0.1) is 12.4 Å². The van der Waals surface area contributed by atoms with E-state index in [0.717, 1.165) is 19.5 Å². The van der Waals surface area contributed by atoms with Crippen LogP contribution in [0.2, 0.25) is 0 Å². The minimum Gasteiger partial charge on any atom is -0.372 e. The average molecular weight is 230 g/mol. The Morgan fingerprint density at radius 1 is 1.12 bits per heavy atom. The van der Waals surface area contributed by atoms with E-state index in [9.17, 15) is 0 Å². The molecule has 2 rings (SSSR count). The molecule has 0 saturated carbocycles. The van der Waals surface area contributed by atoms with Crippen LogP contribution in [-0.4, -0.2) is 18.9 Å². The van der Waals surface area contributed by atoms with Crippen molar-refractivity contribution >= 4 is 5.84 Å². The predicted octanol–water partition coefficient (Wildman–Crippen LogP) is 3.02. The molecule has 1 aliphatic rings. The standard InChI is InChI=1S/C15H22N2/c1-12-6-5-7-13(2)14(12)8-3-4-9-15-16-10-11-17-15/h5-7H,3-4,8-11H2,1-2H3,(H,16,17). The molecule has 0 amide bonds. The van der Waals surface area contributed by atoms with Crippen LogP contribution in [0.4, 0.5) is 0 Å². The summed E-state index contributed by atoms with van der Waals surface area (Å²) in [5.41, 5.74) is 4.40. The lowest BCUT2D eigenvalue weighted by molar-refractivity contribution is 0.748. The van der Waals surface area contributed by atoms with E-state index in [-0.39, 0.29) is 0 Å². The highest BCUT2D eigenvalue weighted by atomic mass is 15.1. The van der Waals surface area contributed by atoms with E-state index in [4.69, 9.17) is 0 Å². The number of benzene rings is 1.